The van der Waals surface area contributed by atoms with Gasteiger partial charge in [-0.25, -0.2) is 0 Å². The number of methoxy groups -OCH3 is 2. The average Bonchev–Trinajstić information content (AvgIpc) is 3.47. The minimum atomic E-state index is -4.84. The van der Waals surface area contributed by atoms with Crippen LogP contribution < -0.4 is 9.47 Å². The maximum atomic E-state index is 16.8. The van der Waals surface area contributed by atoms with Crippen LogP contribution in [0.1, 0.15) is 34.4 Å². The largest absolute Gasteiger partial charge is 0.737 e. The smallest absolute Gasteiger partial charge is 0.497 e. The predicted octanol–water partition coefficient (Wildman–Crippen LogP) is 6.17. The lowest BCUT2D eigenvalue weighted by atomic mass is 9.83. The standard InChI is InChI=1S/C28H22BF5N2O2/c1-37-19-7-9-21-15(11-19)3-5-17-13-23-25(28(30,31)32)24-14-18-6-4-16-12-20(38-2)8-10-22(16)27(18)36(24)29(33,34)35(23)26(17)21/h7-14H,3-6H2,1-2H3. The lowest BCUT2D eigenvalue weighted by molar-refractivity contribution is -0.362. The number of alkyl halides is 3. The van der Waals surface area contributed by atoms with Crippen LogP contribution in [0.25, 0.3) is 16.8 Å². The molecular formula is C28H22BF5N2O2. The molecule has 0 amide bonds. The number of fused-ring (bicyclic) bond motifs is 9. The Balaban J connectivity index is 1.56. The van der Waals surface area contributed by atoms with Crippen molar-refractivity contribution in [1.29, 1.82) is 0 Å². The number of benzene rings is 2. The van der Waals surface area contributed by atoms with Crippen LogP contribution in [0.4, 0.5) is 21.8 Å². The number of nitrogens with zero attached hydrogens (tertiary/aromatic N) is 2. The van der Waals surface area contributed by atoms with Gasteiger partial charge in [-0.05, 0) is 90.4 Å². The SMILES string of the molecule is COc1ccc2c(c1)CCC1=CC3=C(C(F)(F)F)c4cc5c(n4[B-](F)(F)[N+]3=C12)-c1ccc(OC)cc1CC5. The van der Waals surface area contributed by atoms with Crippen LogP contribution in [0.2, 0.25) is 0 Å². The van der Waals surface area contributed by atoms with Crippen molar-refractivity contribution in [3.8, 4) is 22.8 Å². The molecule has 0 atom stereocenters. The molecule has 194 valence electrons. The van der Waals surface area contributed by atoms with Gasteiger partial charge in [0.25, 0.3) is 0 Å². The molecule has 0 bridgehead atoms. The number of halogens is 5. The summed E-state index contributed by atoms with van der Waals surface area (Å²) in [6, 6.07) is 11.5. The topological polar surface area (TPSA) is 26.4 Å². The molecule has 2 aromatic carbocycles. The highest BCUT2D eigenvalue weighted by molar-refractivity contribution is 6.59. The fraction of sp³-hybridized carbons (Fsp3) is 0.250. The summed E-state index contributed by atoms with van der Waals surface area (Å²) >= 11 is 0. The van der Waals surface area contributed by atoms with Gasteiger partial charge in [0.15, 0.2) is 11.4 Å². The molecule has 3 aromatic rings. The molecule has 0 fully saturated rings. The first-order chi connectivity index (χ1) is 18.1. The summed E-state index contributed by atoms with van der Waals surface area (Å²) in [4.78, 5) is 0. The predicted molar refractivity (Wildman–Crippen MR) is 134 cm³/mol. The van der Waals surface area contributed by atoms with Crippen LogP contribution in [-0.4, -0.2) is 42.0 Å². The van der Waals surface area contributed by atoms with Gasteiger partial charge < -0.3 is 27.1 Å². The van der Waals surface area contributed by atoms with Crippen molar-refractivity contribution in [2.75, 3.05) is 14.2 Å². The van der Waals surface area contributed by atoms with Gasteiger partial charge in [-0.2, -0.15) is 13.2 Å². The second-order valence-corrected chi connectivity index (χ2v) is 10.1. The third-order valence-electron chi connectivity index (χ3n) is 8.11. The van der Waals surface area contributed by atoms with E-state index in [4.69, 9.17) is 9.47 Å². The summed E-state index contributed by atoms with van der Waals surface area (Å²) in [6.07, 6.45) is -1.74. The molecule has 0 N–H and O–H groups in total. The van der Waals surface area contributed by atoms with Gasteiger partial charge in [0.05, 0.1) is 14.2 Å². The minimum Gasteiger partial charge on any atom is -0.497 e. The third kappa shape index (κ3) is 3.00. The van der Waals surface area contributed by atoms with Gasteiger partial charge in [-0.3, -0.25) is 0 Å². The Morgan fingerprint density at radius 3 is 2.08 bits per heavy atom. The lowest BCUT2D eigenvalue weighted by Gasteiger charge is -2.35. The van der Waals surface area contributed by atoms with E-state index in [2.05, 4.69) is 0 Å². The van der Waals surface area contributed by atoms with E-state index in [0.717, 1.165) is 11.1 Å². The number of hydrogen-bond acceptors (Lipinski definition) is 2. The summed E-state index contributed by atoms with van der Waals surface area (Å²) in [5.74, 6) is 1.15. The van der Waals surface area contributed by atoms with E-state index in [0.29, 0.717) is 68.4 Å². The fourth-order valence-corrected chi connectivity index (χ4v) is 6.52. The average molecular weight is 524 g/mol. The molecule has 2 aliphatic carbocycles. The molecule has 4 aliphatic rings. The van der Waals surface area contributed by atoms with E-state index in [1.54, 1.807) is 36.4 Å². The van der Waals surface area contributed by atoms with E-state index in [-0.39, 0.29) is 11.4 Å². The summed E-state index contributed by atoms with van der Waals surface area (Å²) in [6.45, 7) is -4.67. The Morgan fingerprint density at radius 2 is 1.42 bits per heavy atom. The molecule has 1 aromatic heterocycles. The fourth-order valence-electron chi connectivity index (χ4n) is 6.52. The van der Waals surface area contributed by atoms with Crippen molar-refractivity contribution in [1.82, 2.24) is 4.48 Å². The molecule has 10 heteroatoms. The number of aromatic nitrogens is 1. The monoisotopic (exact) mass is 524 g/mol. The highest BCUT2D eigenvalue weighted by atomic mass is 19.4. The number of allylic oxidation sites excluding steroid dienone is 3. The minimum absolute atomic E-state index is 0.148. The molecule has 0 saturated heterocycles. The van der Waals surface area contributed by atoms with Gasteiger partial charge in [0.1, 0.15) is 17.1 Å². The van der Waals surface area contributed by atoms with Crippen molar-refractivity contribution >= 4 is 18.3 Å². The molecule has 3 heterocycles. The van der Waals surface area contributed by atoms with Crippen LogP contribution in [0.15, 0.2) is 59.8 Å². The Bertz CT molecular complexity index is 1660. The zero-order valence-electron chi connectivity index (χ0n) is 20.6. The zero-order valence-corrected chi connectivity index (χ0v) is 20.6. The number of hydrogen-bond donors (Lipinski definition) is 0. The maximum Gasteiger partial charge on any atom is 0.737 e. The van der Waals surface area contributed by atoms with Gasteiger partial charge in [-0.15, -0.1) is 0 Å². The molecule has 4 nitrogen and oxygen atoms in total. The van der Waals surface area contributed by atoms with E-state index < -0.39 is 30.1 Å². The first kappa shape index (κ1) is 23.3. The summed E-state index contributed by atoms with van der Waals surface area (Å²) < 4.78 is 89.8. The Labute approximate surface area is 215 Å². The molecule has 38 heavy (non-hydrogen) atoms. The lowest BCUT2D eigenvalue weighted by Crippen LogP contribution is -2.52. The Morgan fingerprint density at radius 1 is 0.816 bits per heavy atom. The maximum absolute atomic E-state index is 16.8. The van der Waals surface area contributed by atoms with Crippen LogP contribution in [0.5, 0.6) is 11.5 Å². The van der Waals surface area contributed by atoms with Crippen molar-refractivity contribution in [3.63, 3.8) is 0 Å². The van der Waals surface area contributed by atoms with Crippen molar-refractivity contribution < 1.29 is 35.8 Å². The van der Waals surface area contributed by atoms with Crippen molar-refractivity contribution in [2.45, 2.75) is 31.9 Å². The van der Waals surface area contributed by atoms with Crippen LogP contribution in [-0.2, 0) is 19.3 Å². The second kappa shape index (κ2) is 7.62. The van der Waals surface area contributed by atoms with Crippen LogP contribution in [0.3, 0.4) is 0 Å². The van der Waals surface area contributed by atoms with Crippen molar-refractivity contribution in [2.24, 2.45) is 0 Å². The second-order valence-electron chi connectivity index (χ2n) is 10.1. The van der Waals surface area contributed by atoms with Crippen molar-refractivity contribution in [3.05, 3.63) is 87.8 Å². The molecule has 0 saturated carbocycles. The van der Waals surface area contributed by atoms with E-state index in [1.807, 2.05) is 0 Å². The zero-order chi connectivity index (χ0) is 26.6. The van der Waals surface area contributed by atoms with Crippen LogP contribution >= 0.6 is 0 Å². The van der Waals surface area contributed by atoms with Gasteiger partial charge >= 0.3 is 13.1 Å². The van der Waals surface area contributed by atoms with Crippen LogP contribution in [0, 0.1) is 0 Å². The summed E-state index contributed by atoms with van der Waals surface area (Å²) in [5.41, 5.74) is 1.86. The number of ether oxygens (including phenoxy) is 2. The molecule has 0 radical (unpaired) electrons. The van der Waals surface area contributed by atoms with Gasteiger partial charge in [0, 0.05) is 28.6 Å². The third-order valence-corrected chi connectivity index (χ3v) is 8.11. The molecule has 0 unspecified atom stereocenters. The highest BCUT2D eigenvalue weighted by Gasteiger charge is 2.60. The first-order valence-corrected chi connectivity index (χ1v) is 12.4. The van der Waals surface area contributed by atoms with Gasteiger partial charge in [0.2, 0.25) is 0 Å². The number of rotatable bonds is 2. The highest BCUT2D eigenvalue weighted by Crippen LogP contribution is 2.51. The number of aryl methyl sites for hydroxylation is 3. The molecule has 0 spiro atoms. The summed E-state index contributed by atoms with van der Waals surface area (Å²) in [7, 11) is 3.03. The van der Waals surface area contributed by atoms with Gasteiger partial charge in [-0.1, -0.05) is 0 Å². The Hall–Kier alpha value is -3.82. The Kier molecular flexibility index (Phi) is 4.67. The quantitative estimate of drug-likeness (QED) is 0.296. The van der Waals surface area contributed by atoms with E-state index in [9.17, 15) is 13.2 Å². The molecule has 7 rings (SSSR count). The molecular weight excluding hydrogens is 502 g/mol. The summed E-state index contributed by atoms with van der Waals surface area (Å²) in [5, 5.41) is 0. The van der Waals surface area contributed by atoms with E-state index >= 15 is 8.63 Å². The van der Waals surface area contributed by atoms with E-state index in [1.165, 1.54) is 26.4 Å². The molecule has 2 aliphatic heterocycles. The first-order valence-electron chi connectivity index (χ1n) is 12.4. The normalized spacial score (nSPS) is 18.7.